The van der Waals surface area contributed by atoms with Gasteiger partial charge in [0.05, 0.1) is 0 Å². The normalized spacial score (nSPS) is 34.2. The van der Waals surface area contributed by atoms with Gasteiger partial charge in [0.25, 0.3) is 0 Å². The summed E-state index contributed by atoms with van der Waals surface area (Å²) in [5, 5.41) is 6.40. The molecule has 2 N–H and O–H groups in total. The lowest BCUT2D eigenvalue weighted by atomic mass is 10.0. The average Bonchev–Trinajstić information content (AvgIpc) is 2.88. The Labute approximate surface area is 97.1 Å². The molecule has 2 heterocycles. The van der Waals surface area contributed by atoms with Crippen LogP contribution in [0.4, 0.5) is 0 Å². The van der Waals surface area contributed by atoms with E-state index in [0.717, 1.165) is 32.5 Å². The first kappa shape index (κ1) is 11.9. The van der Waals surface area contributed by atoms with E-state index < -0.39 is 0 Å². The van der Waals surface area contributed by atoms with E-state index in [1.807, 2.05) is 0 Å². The predicted molar refractivity (Wildman–Crippen MR) is 62.2 cm³/mol. The van der Waals surface area contributed by atoms with Crippen molar-refractivity contribution in [2.45, 2.75) is 44.8 Å². The van der Waals surface area contributed by atoms with Crippen molar-refractivity contribution in [1.82, 2.24) is 10.6 Å². The third-order valence-corrected chi connectivity index (χ3v) is 3.60. The average molecular weight is 226 g/mol. The van der Waals surface area contributed by atoms with E-state index in [-0.39, 0.29) is 12.0 Å². The van der Waals surface area contributed by atoms with Gasteiger partial charge in [0, 0.05) is 19.2 Å². The van der Waals surface area contributed by atoms with E-state index in [2.05, 4.69) is 17.6 Å². The van der Waals surface area contributed by atoms with Gasteiger partial charge in [-0.05, 0) is 38.1 Å². The molecule has 0 saturated carbocycles. The Morgan fingerprint density at radius 3 is 3.00 bits per heavy atom. The van der Waals surface area contributed by atoms with Crippen LogP contribution in [0, 0.1) is 5.92 Å². The molecular formula is C12H22N2O2. The zero-order valence-electron chi connectivity index (χ0n) is 10.00. The molecule has 3 atom stereocenters. The summed E-state index contributed by atoms with van der Waals surface area (Å²) < 4.78 is 5.42. The number of ether oxygens (including phenoxy) is 1. The van der Waals surface area contributed by atoms with Gasteiger partial charge in [0.15, 0.2) is 0 Å². The minimum atomic E-state index is -0.212. The van der Waals surface area contributed by atoms with Crippen molar-refractivity contribution in [3.8, 4) is 0 Å². The molecule has 2 rings (SSSR count). The van der Waals surface area contributed by atoms with Crippen LogP contribution in [-0.4, -0.2) is 37.7 Å². The van der Waals surface area contributed by atoms with Crippen LogP contribution in [0.1, 0.15) is 32.6 Å². The molecule has 0 aromatic heterocycles. The van der Waals surface area contributed by atoms with E-state index in [0.29, 0.717) is 12.0 Å². The summed E-state index contributed by atoms with van der Waals surface area (Å²) in [4.78, 5) is 11.8. The Balaban J connectivity index is 1.63. The molecule has 0 radical (unpaired) electrons. The maximum absolute atomic E-state index is 11.8. The van der Waals surface area contributed by atoms with E-state index in [4.69, 9.17) is 4.74 Å². The third-order valence-electron chi connectivity index (χ3n) is 3.60. The zero-order valence-corrected chi connectivity index (χ0v) is 10.00. The second-order valence-electron chi connectivity index (χ2n) is 4.93. The van der Waals surface area contributed by atoms with Crippen molar-refractivity contribution >= 4 is 5.91 Å². The van der Waals surface area contributed by atoms with Gasteiger partial charge in [0.2, 0.25) is 5.91 Å². The Morgan fingerprint density at radius 2 is 2.38 bits per heavy atom. The Kier molecular flexibility index (Phi) is 4.18. The molecule has 4 heteroatoms. The number of carbonyl (C=O) groups excluding carboxylic acids is 1. The molecule has 2 aliphatic heterocycles. The summed E-state index contributed by atoms with van der Waals surface area (Å²) in [6, 6.07) is 0.599. The molecule has 0 aliphatic carbocycles. The van der Waals surface area contributed by atoms with Crippen LogP contribution in [0.25, 0.3) is 0 Å². The molecule has 0 aromatic carbocycles. The van der Waals surface area contributed by atoms with Crippen LogP contribution in [0.3, 0.4) is 0 Å². The number of amides is 1. The predicted octanol–water partition coefficient (Wildman–Crippen LogP) is 0.670. The molecule has 2 aliphatic rings. The number of carbonyl (C=O) groups is 1. The lowest BCUT2D eigenvalue weighted by Crippen LogP contribution is -2.39. The minimum absolute atomic E-state index is 0.0722. The standard InChI is InChI=1S/C12H22N2O2/c1-9-5-8-16-11(9)12(15)14-7-4-10-3-2-6-13-10/h9-11,13H,2-8H2,1H3,(H,14,15)/t9?,10-,11?/m0/s1. The van der Waals surface area contributed by atoms with Gasteiger partial charge < -0.3 is 15.4 Å². The SMILES string of the molecule is CC1CCOC1C(=O)NCC[C@@H]1CCCN1. The van der Waals surface area contributed by atoms with Gasteiger partial charge in [-0.1, -0.05) is 6.92 Å². The molecule has 1 amide bonds. The summed E-state index contributed by atoms with van der Waals surface area (Å²) >= 11 is 0. The molecule has 16 heavy (non-hydrogen) atoms. The monoisotopic (exact) mass is 226 g/mol. The number of rotatable bonds is 4. The van der Waals surface area contributed by atoms with Crippen molar-refractivity contribution in [2.24, 2.45) is 5.92 Å². The van der Waals surface area contributed by atoms with Crippen molar-refractivity contribution < 1.29 is 9.53 Å². The van der Waals surface area contributed by atoms with Crippen LogP contribution in [-0.2, 0) is 9.53 Å². The number of nitrogens with one attached hydrogen (secondary N) is 2. The lowest BCUT2D eigenvalue weighted by molar-refractivity contribution is -0.131. The molecule has 0 aromatic rings. The van der Waals surface area contributed by atoms with Crippen LogP contribution in [0.2, 0.25) is 0 Å². The molecule has 0 bridgehead atoms. The van der Waals surface area contributed by atoms with Gasteiger partial charge in [-0.15, -0.1) is 0 Å². The first-order chi connectivity index (χ1) is 7.77. The Bertz CT molecular complexity index is 239. The summed E-state index contributed by atoms with van der Waals surface area (Å²) in [7, 11) is 0. The summed E-state index contributed by atoms with van der Waals surface area (Å²) in [5.74, 6) is 0.438. The second-order valence-corrected chi connectivity index (χ2v) is 4.93. The summed E-state index contributed by atoms with van der Waals surface area (Å²) in [6.07, 6.45) is 4.33. The van der Waals surface area contributed by atoms with Gasteiger partial charge in [-0.2, -0.15) is 0 Å². The smallest absolute Gasteiger partial charge is 0.249 e. The number of hydrogen-bond donors (Lipinski definition) is 2. The molecule has 2 fully saturated rings. The molecule has 2 unspecified atom stereocenters. The van der Waals surface area contributed by atoms with Crippen molar-refractivity contribution in [1.29, 1.82) is 0 Å². The fourth-order valence-corrected chi connectivity index (χ4v) is 2.50. The maximum atomic E-state index is 11.8. The quantitative estimate of drug-likeness (QED) is 0.741. The molecule has 2 saturated heterocycles. The van der Waals surface area contributed by atoms with E-state index in [1.54, 1.807) is 0 Å². The fourth-order valence-electron chi connectivity index (χ4n) is 2.50. The number of hydrogen-bond acceptors (Lipinski definition) is 3. The van der Waals surface area contributed by atoms with Crippen LogP contribution < -0.4 is 10.6 Å². The van der Waals surface area contributed by atoms with Crippen molar-refractivity contribution in [3.63, 3.8) is 0 Å². The van der Waals surface area contributed by atoms with Crippen molar-refractivity contribution in [2.75, 3.05) is 19.7 Å². The van der Waals surface area contributed by atoms with Crippen LogP contribution >= 0.6 is 0 Å². The second kappa shape index (κ2) is 5.64. The summed E-state index contributed by atoms with van der Waals surface area (Å²) in [5.41, 5.74) is 0. The maximum Gasteiger partial charge on any atom is 0.249 e. The highest BCUT2D eigenvalue weighted by molar-refractivity contribution is 5.81. The molecule has 4 nitrogen and oxygen atoms in total. The zero-order chi connectivity index (χ0) is 11.4. The van der Waals surface area contributed by atoms with E-state index in [1.165, 1.54) is 12.8 Å². The minimum Gasteiger partial charge on any atom is -0.368 e. The fraction of sp³-hybridized carbons (Fsp3) is 0.917. The highest BCUT2D eigenvalue weighted by Gasteiger charge is 2.30. The molecule has 0 spiro atoms. The highest BCUT2D eigenvalue weighted by Crippen LogP contribution is 2.19. The molecular weight excluding hydrogens is 204 g/mol. The lowest BCUT2D eigenvalue weighted by Gasteiger charge is -2.15. The summed E-state index contributed by atoms with van der Waals surface area (Å²) in [6.45, 7) is 4.70. The Hall–Kier alpha value is -0.610. The van der Waals surface area contributed by atoms with Crippen molar-refractivity contribution in [3.05, 3.63) is 0 Å². The van der Waals surface area contributed by atoms with Crippen LogP contribution in [0.5, 0.6) is 0 Å². The van der Waals surface area contributed by atoms with E-state index >= 15 is 0 Å². The van der Waals surface area contributed by atoms with Crippen LogP contribution in [0.15, 0.2) is 0 Å². The molecule has 92 valence electrons. The first-order valence-electron chi connectivity index (χ1n) is 6.40. The third kappa shape index (κ3) is 2.95. The van der Waals surface area contributed by atoms with Gasteiger partial charge in [-0.3, -0.25) is 4.79 Å². The van der Waals surface area contributed by atoms with Gasteiger partial charge in [-0.25, -0.2) is 0 Å². The first-order valence-corrected chi connectivity index (χ1v) is 6.40. The highest BCUT2D eigenvalue weighted by atomic mass is 16.5. The Morgan fingerprint density at radius 1 is 1.50 bits per heavy atom. The van der Waals surface area contributed by atoms with Gasteiger partial charge in [0.1, 0.15) is 6.10 Å². The van der Waals surface area contributed by atoms with Gasteiger partial charge >= 0.3 is 0 Å². The largest absolute Gasteiger partial charge is 0.368 e. The van der Waals surface area contributed by atoms with E-state index in [9.17, 15) is 4.79 Å². The topological polar surface area (TPSA) is 50.4 Å².